The lowest BCUT2D eigenvalue weighted by molar-refractivity contribution is -0.121. The zero-order chi connectivity index (χ0) is 21.4. The smallest absolute Gasteiger partial charge is 0.254 e. The molecular formula is C23H23N3O4S. The van der Waals surface area contributed by atoms with Gasteiger partial charge in [0, 0.05) is 36.7 Å². The number of carbonyl (C=O) groups is 2. The molecule has 5 rings (SSSR count). The summed E-state index contributed by atoms with van der Waals surface area (Å²) < 4.78 is 12.2. The summed E-state index contributed by atoms with van der Waals surface area (Å²) >= 11 is 1.42. The number of aryl methyl sites for hydroxylation is 1. The monoisotopic (exact) mass is 437 g/mol. The van der Waals surface area contributed by atoms with Gasteiger partial charge in [-0.2, -0.15) is 0 Å². The van der Waals surface area contributed by atoms with Crippen molar-refractivity contribution >= 4 is 38.5 Å². The number of rotatable bonds is 3. The van der Waals surface area contributed by atoms with E-state index < -0.39 is 0 Å². The summed E-state index contributed by atoms with van der Waals surface area (Å²) in [6.07, 6.45) is 1.29. The zero-order valence-corrected chi connectivity index (χ0v) is 18.0. The zero-order valence-electron chi connectivity index (χ0n) is 17.2. The second-order valence-electron chi connectivity index (χ2n) is 7.85. The number of nitrogens with zero attached hydrogens (tertiary/aromatic N) is 2. The fourth-order valence-electron chi connectivity index (χ4n) is 4.05. The first kappa shape index (κ1) is 19.8. The van der Waals surface area contributed by atoms with Crippen molar-refractivity contribution in [1.29, 1.82) is 0 Å². The maximum Gasteiger partial charge on any atom is 0.254 e. The van der Waals surface area contributed by atoms with Gasteiger partial charge in [0.25, 0.3) is 5.91 Å². The summed E-state index contributed by atoms with van der Waals surface area (Å²) in [6.45, 7) is 4.16. The summed E-state index contributed by atoms with van der Waals surface area (Å²) in [7, 11) is 0. The van der Waals surface area contributed by atoms with Crippen LogP contribution in [0.5, 0.6) is 11.5 Å². The Kier molecular flexibility index (Phi) is 5.23. The van der Waals surface area contributed by atoms with E-state index in [9.17, 15) is 9.59 Å². The number of hydrogen-bond acceptors (Lipinski definition) is 6. The Morgan fingerprint density at radius 1 is 1.10 bits per heavy atom. The number of amides is 2. The Labute approximate surface area is 184 Å². The van der Waals surface area contributed by atoms with Crippen LogP contribution in [0.1, 0.15) is 28.8 Å². The summed E-state index contributed by atoms with van der Waals surface area (Å²) in [5.74, 6) is 1.27. The van der Waals surface area contributed by atoms with E-state index in [1.165, 1.54) is 11.3 Å². The Morgan fingerprint density at radius 3 is 2.55 bits per heavy atom. The van der Waals surface area contributed by atoms with E-state index in [4.69, 9.17) is 9.47 Å². The number of thiazole rings is 1. The molecule has 1 aromatic heterocycles. The maximum absolute atomic E-state index is 12.8. The van der Waals surface area contributed by atoms with Crippen LogP contribution < -0.4 is 14.8 Å². The number of nitrogens with one attached hydrogen (secondary N) is 1. The first-order chi connectivity index (χ1) is 15.1. The number of likely N-dealkylation sites (tertiary alicyclic amines) is 1. The Morgan fingerprint density at radius 2 is 1.81 bits per heavy atom. The van der Waals surface area contributed by atoms with Gasteiger partial charge in [0.05, 0.1) is 10.2 Å². The Balaban J connectivity index is 1.22. The number of fused-ring (bicyclic) bond motifs is 2. The molecule has 3 aromatic rings. The van der Waals surface area contributed by atoms with Crippen molar-refractivity contribution in [2.45, 2.75) is 19.8 Å². The van der Waals surface area contributed by atoms with E-state index in [-0.39, 0.29) is 17.7 Å². The van der Waals surface area contributed by atoms with E-state index in [0.29, 0.717) is 55.8 Å². The molecule has 3 heterocycles. The lowest BCUT2D eigenvalue weighted by Gasteiger charge is -2.31. The first-order valence-corrected chi connectivity index (χ1v) is 11.3. The normalized spacial score (nSPS) is 16.4. The van der Waals surface area contributed by atoms with Gasteiger partial charge in [-0.1, -0.05) is 29.5 Å². The van der Waals surface area contributed by atoms with Gasteiger partial charge in [0.15, 0.2) is 16.6 Å². The number of ether oxygens (including phenoxy) is 2. The number of hydrogen-bond donors (Lipinski definition) is 1. The molecule has 0 spiro atoms. The lowest BCUT2D eigenvalue weighted by atomic mass is 9.95. The molecule has 0 bridgehead atoms. The van der Waals surface area contributed by atoms with Gasteiger partial charge in [-0.15, -0.1) is 0 Å². The summed E-state index contributed by atoms with van der Waals surface area (Å²) in [5, 5.41) is 3.53. The summed E-state index contributed by atoms with van der Waals surface area (Å²) in [5.41, 5.74) is 2.49. The molecule has 1 N–H and O–H groups in total. The van der Waals surface area contributed by atoms with Gasteiger partial charge in [-0.25, -0.2) is 4.98 Å². The highest BCUT2D eigenvalue weighted by Gasteiger charge is 2.29. The number of benzene rings is 2. The molecule has 1 fully saturated rings. The van der Waals surface area contributed by atoms with Crippen LogP contribution in [0.25, 0.3) is 10.2 Å². The average Bonchev–Trinajstić information content (AvgIpc) is 3.18. The highest BCUT2D eigenvalue weighted by molar-refractivity contribution is 7.22. The molecule has 2 aliphatic rings. The quantitative estimate of drug-likeness (QED) is 0.673. The van der Waals surface area contributed by atoms with E-state index in [2.05, 4.69) is 10.3 Å². The lowest BCUT2D eigenvalue weighted by Crippen LogP contribution is -2.41. The minimum absolute atomic E-state index is 0.0385. The van der Waals surface area contributed by atoms with Crippen LogP contribution >= 0.6 is 11.3 Å². The van der Waals surface area contributed by atoms with Crippen molar-refractivity contribution in [2.24, 2.45) is 5.92 Å². The fraction of sp³-hybridized carbons (Fsp3) is 0.348. The fourth-order valence-corrected chi connectivity index (χ4v) is 4.93. The van der Waals surface area contributed by atoms with Crippen molar-refractivity contribution < 1.29 is 19.1 Å². The Hall–Kier alpha value is -3.13. The minimum atomic E-state index is -0.132. The van der Waals surface area contributed by atoms with Gasteiger partial charge in [-0.05, 0) is 31.4 Å². The molecular weight excluding hydrogens is 414 g/mol. The third kappa shape index (κ3) is 3.95. The summed E-state index contributed by atoms with van der Waals surface area (Å²) in [6, 6.07) is 11.4. The van der Waals surface area contributed by atoms with Crippen LogP contribution in [-0.2, 0) is 4.79 Å². The molecule has 7 nitrogen and oxygen atoms in total. The standard InChI is InChI=1S/C23H23N3O4S/c1-14-4-2-3-5-16(14)22(28)26-8-6-15(7-9-26)21(27)25-23-24-17-12-18-19(13-20(17)31-23)30-11-10-29-18/h2-5,12-13,15H,6-11H2,1H3,(H,24,25,27). The van der Waals surface area contributed by atoms with Crippen LogP contribution in [0.2, 0.25) is 0 Å². The first-order valence-electron chi connectivity index (χ1n) is 10.4. The van der Waals surface area contributed by atoms with Crippen LogP contribution in [0, 0.1) is 12.8 Å². The number of aromatic nitrogens is 1. The summed E-state index contributed by atoms with van der Waals surface area (Å²) in [4.78, 5) is 32.0. The molecule has 2 aliphatic heterocycles. The van der Waals surface area contributed by atoms with Crippen molar-refractivity contribution in [3.05, 3.63) is 47.5 Å². The highest BCUT2D eigenvalue weighted by Crippen LogP contribution is 2.38. The molecule has 8 heteroatoms. The van der Waals surface area contributed by atoms with E-state index in [1.54, 1.807) is 0 Å². The molecule has 0 aliphatic carbocycles. The van der Waals surface area contributed by atoms with Crippen molar-refractivity contribution in [3.63, 3.8) is 0 Å². The van der Waals surface area contributed by atoms with E-state index in [1.807, 2.05) is 48.2 Å². The van der Waals surface area contributed by atoms with E-state index >= 15 is 0 Å². The van der Waals surface area contributed by atoms with Gasteiger partial charge < -0.3 is 19.7 Å². The largest absolute Gasteiger partial charge is 0.486 e. The SMILES string of the molecule is Cc1ccccc1C(=O)N1CCC(C(=O)Nc2nc3cc4c(cc3s2)OCCO4)CC1. The molecule has 2 amide bonds. The van der Waals surface area contributed by atoms with Crippen molar-refractivity contribution in [2.75, 3.05) is 31.6 Å². The van der Waals surface area contributed by atoms with E-state index in [0.717, 1.165) is 21.3 Å². The third-order valence-electron chi connectivity index (χ3n) is 5.81. The molecule has 0 atom stereocenters. The third-order valence-corrected chi connectivity index (χ3v) is 6.74. The molecule has 2 aromatic carbocycles. The molecule has 0 unspecified atom stereocenters. The molecule has 160 valence electrons. The van der Waals surface area contributed by atoms with Crippen LogP contribution in [-0.4, -0.2) is 48.0 Å². The average molecular weight is 438 g/mol. The Bertz CT molecular complexity index is 1110. The maximum atomic E-state index is 12.8. The van der Waals surface area contributed by atoms with Gasteiger partial charge in [-0.3, -0.25) is 9.59 Å². The predicted molar refractivity (Wildman–Crippen MR) is 119 cm³/mol. The van der Waals surface area contributed by atoms with Crippen LogP contribution in [0.4, 0.5) is 5.13 Å². The highest BCUT2D eigenvalue weighted by atomic mass is 32.1. The number of piperidine rings is 1. The molecule has 0 radical (unpaired) electrons. The van der Waals surface area contributed by atoms with Gasteiger partial charge in [0.2, 0.25) is 5.91 Å². The topological polar surface area (TPSA) is 80.8 Å². The van der Waals surface area contributed by atoms with Crippen molar-refractivity contribution in [3.8, 4) is 11.5 Å². The van der Waals surface area contributed by atoms with Crippen molar-refractivity contribution in [1.82, 2.24) is 9.88 Å². The molecule has 31 heavy (non-hydrogen) atoms. The predicted octanol–water partition coefficient (Wildman–Crippen LogP) is 3.87. The molecule has 1 saturated heterocycles. The van der Waals surface area contributed by atoms with Crippen LogP contribution in [0.15, 0.2) is 36.4 Å². The van der Waals surface area contributed by atoms with Gasteiger partial charge >= 0.3 is 0 Å². The number of anilines is 1. The second-order valence-corrected chi connectivity index (χ2v) is 8.88. The number of carbonyl (C=O) groups excluding carboxylic acids is 2. The van der Waals surface area contributed by atoms with Gasteiger partial charge in [0.1, 0.15) is 13.2 Å². The van der Waals surface area contributed by atoms with Crippen LogP contribution in [0.3, 0.4) is 0 Å². The second kappa shape index (κ2) is 8.19. The molecule has 0 saturated carbocycles. The minimum Gasteiger partial charge on any atom is -0.486 e.